The predicted molar refractivity (Wildman–Crippen MR) is 54.3 cm³/mol. The van der Waals surface area contributed by atoms with E-state index in [-0.39, 0.29) is 11.8 Å². The van der Waals surface area contributed by atoms with Crippen LogP contribution in [0.3, 0.4) is 0 Å². The van der Waals surface area contributed by atoms with Crippen LogP contribution in [0, 0.1) is 5.92 Å². The second-order valence-corrected chi connectivity index (χ2v) is 3.79. The highest BCUT2D eigenvalue weighted by atomic mass is 16.5. The smallest absolute Gasteiger partial charge is 0.127 e. The molecule has 0 bridgehead atoms. The van der Waals surface area contributed by atoms with Gasteiger partial charge < -0.3 is 15.6 Å². The van der Waals surface area contributed by atoms with Crippen LogP contribution in [0.4, 0.5) is 0 Å². The van der Waals surface area contributed by atoms with Crippen LogP contribution >= 0.6 is 0 Å². The second-order valence-electron chi connectivity index (χ2n) is 3.79. The molecule has 0 radical (unpaired) electrons. The van der Waals surface area contributed by atoms with E-state index in [0.717, 1.165) is 5.56 Å². The molecule has 3 N–H and O–H groups in total. The lowest BCUT2D eigenvalue weighted by Gasteiger charge is -2.14. The Kier molecular flexibility index (Phi) is 2.33. The van der Waals surface area contributed by atoms with Gasteiger partial charge in [0.05, 0.1) is 7.11 Å². The van der Waals surface area contributed by atoms with Crippen LogP contribution in [0.1, 0.15) is 24.4 Å². The monoisotopic (exact) mass is 193 g/mol. The fourth-order valence-corrected chi connectivity index (χ4v) is 1.68. The van der Waals surface area contributed by atoms with Crippen LogP contribution < -0.4 is 10.5 Å². The third-order valence-electron chi connectivity index (χ3n) is 2.71. The molecule has 1 aromatic carbocycles. The Labute approximate surface area is 83.5 Å². The number of phenolic OH excluding ortho intramolecular Hbond substituents is 1. The van der Waals surface area contributed by atoms with E-state index in [1.165, 1.54) is 12.8 Å². The molecule has 76 valence electrons. The average molecular weight is 193 g/mol. The first-order valence-electron chi connectivity index (χ1n) is 4.85. The maximum Gasteiger partial charge on any atom is 0.127 e. The van der Waals surface area contributed by atoms with E-state index in [4.69, 9.17) is 10.5 Å². The number of aromatic hydroxyl groups is 1. The van der Waals surface area contributed by atoms with Crippen molar-refractivity contribution in [2.45, 2.75) is 18.9 Å². The number of hydrogen-bond acceptors (Lipinski definition) is 3. The van der Waals surface area contributed by atoms with Gasteiger partial charge in [-0.2, -0.15) is 0 Å². The van der Waals surface area contributed by atoms with Gasteiger partial charge in [0.15, 0.2) is 0 Å². The largest absolute Gasteiger partial charge is 0.508 e. The van der Waals surface area contributed by atoms with Crippen LogP contribution in [0.15, 0.2) is 18.2 Å². The van der Waals surface area contributed by atoms with Crippen LogP contribution in [0.25, 0.3) is 0 Å². The molecule has 0 heterocycles. The molecule has 14 heavy (non-hydrogen) atoms. The number of methoxy groups -OCH3 is 1. The molecule has 0 amide bonds. The van der Waals surface area contributed by atoms with Crippen LogP contribution in [0.5, 0.6) is 11.5 Å². The van der Waals surface area contributed by atoms with Gasteiger partial charge in [-0.15, -0.1) is 0 Å². The average Bonchev–Trinajstić information content (AvgIpc) is 3.00. The fraction of sp³-hybridized carbons (Fsp3) is 0.455. The maximum absolute atomic E-state index is 9.28. The van der Waals surface area contributed by atoms with Crippen molar-refractivity contribution in [2.24, 2.45) is 11.7 Å². The lowest BCUT2D eigenvalue weighted by atomic mass is 10.0. The van der Waals surface area contributed by atoms with Gasteiger partial charge in [0.2, 0.25) is 0 Å². The Morgan fingerprint density at radius 2 is 2.21 bits per heavy atom. The summed E-state index contributed by atoms with van der Waals surface area (Å²) in [6, 6.07) is 5.15. The summed E-state index contributed by atoms with van der Waals surface area (Å²) in [5.74, 6) is 1.49. The summed E-state index contributed by atoms with van der Waals surface area (Å²) < 4.78 is 5.19. The third kappa shape index (κ3) is 1.68. The van der Waals surface area contributed by atoms with Crippen molar-refractivity contribution in [3.05, 3.63) is 23.8 Å². The van der Waals surface area contributed by atoms with Crippen molar-refractivity contribution < 1.29 is 9.84 Å². The van der Waals surface area contributed by atoms with Gasteiger partial charge in [0, 0.05) is 17.7 Å². The lowest BCUT2D eigenvalue weighted by molar-refractivity contribution is 0.396. The minimum Gasteiger partial charge on any atom is -0.508 e. The van der Waals surface area contributed by atoms with Crippen molar-refractivity contribution in [3.8, 4) is 11.5 Å². The summed E-state index contributed by atoms with van der Waals surface area (Å²) in [6.45, 7) is 0. The number of rotatable bonds is 3. The van der Waals surface area contributed by atoms with Crippen molar-refractivity contribution in [3.63, 3.8) is 0 Å². The minimum absolute atomic E-state index is 0.0468. The summed E-state index contributed by atoms with van der Waals surface area (Å²) in [4.78, 5) is 0. The molecule has 1 atom stereocenters. The van der Waals surface area contributed by atoms with Crippen molar-refractivity contribution in [1.29, 1.82) is 0 Å². The molecule has 3 heteroatoms. The topological polar surface area (TPSA) is 55.5 Å². The second kappa shape index (κ2) is 3.50. The first-order chi connectivity index (χ1) is 6.72. The Morgan fingerprint density at radius 1 is 1.50 bits per heavy atom. The number of benzene rings is 1. The van der Waals surface area contributed by atoms with E-state index >= 15 is 0 Å². The molecule has 1 aliphatic rings. The summed E-state index contributed by atoms with van der Waals surface area (Å²) in [5.41, 5.74) is 7.06. The molecule has 1 aromatic rings. The van der Waals surface area contributed by atoms with Gasteiger partial charge in [-0.3, -0.25) is 0 Å². The highest BCUT2D eigenvalue weighted by Gasteiger charge is 2.31. The van der Waals surface area contributed by atoms with Gasteiger partial charge in [-0.1, -0.05) is 6.07 Å². The van der Waals surface area contributed by atoms with Crippen LogP contribution in [0.2, 0.25) is 0 Å². The van der Waals surface area contributed by atoms with E-state index in [0.29, 0.717) is 11.7 Å². The van der Waals surface area contributed by atoms with Crippen molar-refractivity contribution in [1.82, 2.24) is 0 Å². The fourth-order valence-electron chi connectivity index (χ4n) is 1.68. The van der Waals surface area contributed by atoms with Gasteiger partial charge in [0.25, 0.3) is 0 Å². The molecule has 1 fully saturated rings. The number of ether oxygens (including phenoxy) is 1. The first kappa shape index (κ1) is 9.34. The summed E-state index contributed by atoms with van der Waals surface area (Å²) in [5, 5.41) is 9.28. The maximum atomic E-state index is 9.28. The van der Waals surface area contributed by atoms with Gasteiger partial charge in [-0.25, -0.2) is 0 Å². The Hall–Kier alpha value is -1.22. The molecule has 2 rings (SSSR count). The Balaban J connectivity index is 2.30. The summed E-state index contributed by atoms with van der Waals surface area (Å²) in [7, 11) is 1.60. The predicted octanol–water partition coefficient (Wildman–Crippen LogP) is 1.81. The van der Waals surface area contributed by atoms with E-state index < -0.39 is 0 Å². The molecule has 3 nitrogen and oxygen atoms in total. The Morgan fingerprint density at radius 3 is 2.79 bits per heavy atom. The standard InChI is InChI=1S/C11H15NO2/c1-14-10-6-8(13)4-5-9(10)11(12)7-2-3-7/h4-7,11,13H,2-3,12H2,1H3. The summed E-state index contributed by atoms with van der Waals surface area (Å²) >= 11 is 0. The Bertz CT molecular complexity index is 334. The quantitative estimate of drug-likeness (QED) is 0.769. The highest BCUT2D eigenvalue weighted by molar-refractivity contribution is 5.42. The normalized spacial score (nSPS) is 17.9. The number of phenols is 1. The van der Waals surface area contributed by atoms with Crippen LogP contribution in [-0.4, -0.2) is 12.2 Å². The zero-order valence-corrected chi connectivity index (χ0v) is 8.23. The van der Waals surface area contributed by atoms with E-state index in [1.54, 1.807) is 19.2 Å². The number of hydrogen-bond donors (Lipinski definition) is 2. The molecular weight excluding hydrogens is 178 g/mol. The van der Waals surface area contributed by atoms with E-state index in [1.807, 2.05) is 6.07 Å². The van der Waals surface area contributed by atoms with Crippen molar-refractivity contribution in [2.75, 3.05) is 7.11 Å². The van der Waals surface area contributed by atoms with Crippen molar-refractivity contribution >= 4 is 0 Å². The highest BCUT2D eigenvalue weighted by Crippen LogP contribution is 2.42. The van der Waals surface area contributed by atoms with E-state index in [9.17, 15) is 5.11 Å². The molecule has 1 saturated carbocycles. The van der Waals surface area contributed by atoms with Gasteiger partial charge in [-0.05, 0) is 24.8 Å². The van der Waals surface area contributed by atoms with E-state index in [2.05, 4.69) is 0 Å². The van der Waals surface area contributed by atoms with Gasteiger partial charge >= 0.3 is 0 Å². The molecule has 0 spiro atoms. The zero-order chi connectivity index (χ0) is 10.1. The lowest BCUT2D eigenvalue weighted by Crippen LogP contribution is -2.13. The molecule has 0 aliphatic heterocycles. The SMILES string of the molecule is COc1cc(O)ccc1C(N)C1CC1. The molecule has 0 saturated heterocycles. The number of nitrogens with two attached hydrogens (primary N) is 1. The minimum atomic E-state index is 0.0468. The molecule has 1 unspecified atom stereocenters. The molecule has 1 aliphatic carbocycles. The van der Waals surface area contributed by atoms with Gasteiger partial charge in [0.1, 0.15) is 11.5 Å². The zero-order valence-electron chi connectivity index (χ0n) is 8.23. The molecular formula is C11H15NO2. The molecule has 0 aromatic heterocycles. The van der Waals surface area contributed by atoms with Crippen LogP contribution in [-0.2, 0) is 0 Å². The summed E-state index contributed by atoms with van der Waals surface area (Å²) in [6.07, 6.45) is 2.40. The first-order valence-corrected chi connectivity index (χ1v) is 4.85. The third-order valence-corrected chi connectivity index (χ3v) is 2.71.